The van der Waals surface area contributed by atoms with Crippen molar-refractivity contribution in [3.63, 3.8) is 0 Å². The van der Waals surface area contributed by atoms with Gasteiger partial charge in [-0.25, -0.2) is 4.39 Å². The molecule has 18 heavy (non-hydrogen) atoms. The minimum absolute atomic E-state index is 0.147. The third-order valence-corrected chi connectivity index (χ3v) is 3.49. The molecular formula is C14H20BrFO2. The van der Waals surface area contributed by atoms with Gasteiger partial charge >= 0.3 is 0 Å². The number of ether oxygens (including phenoxy) is 1. The summed E-state index contributed by atoms with van der Waals surface area (Å²) in [5.74, 6) is -0.299. The average Bonchev–Trinajstić information content (AvgIpc) is 2.22. The number of rotatable bonds is 4. The Morgan fingerprint density at radius 3 is 2.44 bits per heavy atom. The normalized spacial score (nSPS) is 15.5. The van der Waals surface area contributed by atoms with Crippen LogP contribution in [-0.4, -0.2) is 24.4 Å². The van der Waals surface area contributed by atoms with Crippen molar-refractivity contribution in [3.8, 4) is 0 Å². The van der Waals surface area contributed by atoms with Crippen molar-refractivity contribution in [1.82, 2.24) is 0 Å². The van der Waals surface area contributed by atoms with Gasteiger partial charge in [-0.2, -0.15) is 0 Å². The molecule has 0 amide bonds. The molecule has 0 spiro atoms. The van der Waals surface area contributed by atoms with E-state index in [2.05, 4.69) is 15.9 Å². The summed E-state index contributed by atoms with van der Waals surface area (Å²) in [4.78, 5) is 0. The quantitative estimate of drug-likeness (QED) is 0.920. The van der Waals surface area contributed by atoms with E-state index < -0.39 is 6.10 Å². The summed E-state index contributed by atoms with van der Waals surface area (Å²) < 4.78 is 18.9. The molecule has 2 unspecified atom stereocenters. The Morgan fingerprint density at radius 1 is 1.39 bits per heavy atom. The first-order valence-corrected chi connectivity index (χ1v) is 6.69. The van der Waals surface area contributed by atoms with E-state index in [0.717, 1.165) is 5.56 Å². The van der Waals surface area contributed by atoms with Crippen LogP contribution in [0.3, 0.4) is 0 Å². The third kappa shape index (κ3) is 4.04. The largest absolute Gasteiger partial charge is 0.390 e. The summed E-state index contributed by atoms with van der Waals surface area (Å²) >= 11 is 3.14. The molecule has 0 bridgehead atoms. The van der Waals surface area contributed by atoms with Gasteiger partial charge in [0.25, 0.3) is 0 Å². The second-order valence-corrected chi connectivity index (χ2v) is 6.40. The molecule has 2 atom stereocenters. The fraction of sp³-hybridized carbons (Fsp3) is 0.571. The van der Waals surface area contributed by atoms with Crippen LogP contribution in [0.25, 0.3) is 0 Å². The van der Waals surface area contributed by atoms with Crippen LogP contribution in [0.15, 0.2) is 22.7 Å². The lowest BCUT2D eigenvalue weighted by molar-refractivity contribution is -0.0699. The van der Waals surface area contributed by atoms with Gasteiger partial charge in [0.05, 0.1) is 16.7 Å². The smallest absolute Gasteiger partial charge is 0.137 e. The molecular weight excluding hydrogens is 299 g/mol. The Balaban J connectivity index is 2.80. The maximum Gasteiger partial charge on any atom is 0.137 e. The highest BCUT2D eigenvalue weighted by Crippen LogP contribution is 2.27. The Bertz CT molecular complexity index is 401. The summed E-state index contributed by atoms with van der Waals surface area (Å²) in [5, 5.41) is 10.2. The van der Waals surface area contributed by atoms with Gasteiger partial charge in [0.15, 0.2) is 0 Å². The molecule has 0 radical (unpaired) electrons. The fourth-order valence-electron chi connectivity index (χ4n) is 2.10. The molecule has 2 nitrogen and oxygen atoms in total. The maximum absolute atomic E-state index is 13.1. The first-order chi connectivity index (χ1) is 8.25. The van der Waals surface area contributed by atoms with Gasteiger partial charge in [-0.3, -0.25) is 0 Å². The molecule has 0 heterocycles. The molecule has 1 aromatic rings. The predicted molar refractivity (Wildman–Crippen MR) is 74.1 cm³/mol. The van der Waals surface area contributed by atoms with Crippen molar-refractivity contribution in [3.05, 3.63) is 34.1 Å². The number of halogens is 2. The topological polar surface area (TPSA) is 29.5 Å². The van der Waals surface area contributed by atoms with E-state index in [4.69, 9.17) is 4.74 Å². The van der Waals surface area contributed by atoms with Gasteiger partial charge in [-0.05, 0) is 39.0 Å². The van der Waals surface area contributed by atoms with Gasteiger partial charge < -0.3 is 9.84 Å². The number of hydrogen-bond donors (Lipinski definition) is 1. The number of methoxy groups -OCH3 is 1. The highest BCUT2D eigenvalue weighted by atomic mass is 79.9. The van der Waals surface area contributed by atoms with Crippen molar-refractivity contribution < 1.29 is 14.2 Å². The van der Waals surface area contributed by atoms with Crippen LogP contribution in [0, 0.1) is 11.2 Å². The molecule has 0 aliphatic heterocycles. The third-order valence-electron chi connectivity index (χ3n) is 2.89. The first kappa shape index (κ1) is 15.6. The van der Waals surface area contributed by atoms with E-state index in [-0.39, 0.29) is 17.3 Å². The van der Waals surface area contributed by atoms with E-state index >= 15 is 0 Å². The molecule has 0 aromatic heterocycles. The molecule has 1 N–H and O–H groups in total. The number of aliphatic hydroxyl groups excluding tert-OH is 1. The fourth-order valence-corrected chi connectivity index (χ4v) is 2.53. The van der Waals surface area contributed by atoms with Crippen molar-refractivity contribution in [1.29, 1.82) is 0 Å². The van der Waals surface area contributed by atoms with E-state index in [0.29, 0.717) is 10.9 Å². The van der Waals surface area contributed by atoms with Crippen LogP contribution in [0.5, 0.6) is 0 Å². The summed E-state index contributed by atoms with van der Waals surface area (Å²) in [7, 11) is 1.60. The molecule has 1 aromatic carbocycles. The highest BCUT2D eigenvalue weighted by molar-refractivity contribution is 9.10. The van der Waals surface area contributed by atoms with E-state index in [9.17, 15) is 9.50 Å². The number of benzene rings is 1. The van der Waals surface area contributed by atoms with Crippen LogP contribution in [0.4, 0.5) is 4.39 Å². The van der Waals surface area contributed by atoms with Gasteiger partial charge in [0.2, 0.25) is 0 Å². The van der Waals surface area contributed by atoms with Gasteiger partial charge in [0.1, 0.15) is 5.82 Å². The van der Waals surface area contributed by atoms with Crippen molar-refractivity contribution in [2.75, 3.05) is 7.11 Å². The van der Waals surface area contributed by atoms with Crippen LogP contribution in [0.1, 0.15) is 26.3 Å². The number of aliphatic hydroxyl groups is 1. The van der Waals surface area contributed by atoms with Crippen molar-refractivity contribution in [2.24, 2.45) is 5.41 Å². The van der Waals surface area contributed by atoms with Gasteiger partial charge in [0, 0.05) is 13.5 Å². The Morgan fingerprint density at radius 2 is 2.00 bits per heavy atom. The summed E-state index contributed by atoms with van der Waals surface area (Å²) in [6, 6.07) is 4.76. The van der Waals surface area contributed by atoms with Crippen LogP contribution in [0.2, 0.25) is 0 Å². The second kappa shape index (κ2) is 6.13. The molecule has 0 saturated heterocycles. The standard InChI is InChI=1S/C14H20BrFO2/c1-14(2,3)13(18-4)12(17)8-9-5-6-11(16)10(15)7-9/h5-7,12-13,17H,8H2,1-4H3. The zero-order valence-electron chi connectivity index (χ0n) is 11.2. The van der Waals surface area contributed by atoms with Gasteiger partial charge in [-0.1, -0.05) is 26.8 Å². The molecule has 0 saturated carbocycles. The monoisotopic (exact) mass is 318 g/mol. The molecule has 0 aliphatic carbocycles. The number of hydrogen-bond acceptors (Lipinski definition) is 2. The van der Waals surface area contributed by atoms with E-state index in [1.165, 1.54) is 6.07 Å². The minimum Gasteiger partial charge on any atom is -0.390 e. The van der Waals surface area contributed by atoms with Crippen LogP contribution in [-0.2, 0) is 11.2 Å². The van der Waals surface area contributed by atoms with Crippen LogP contribution >= 0.6 is 15.9 Å². The molecule has 4 heteroatoms. The van der Waals surface area contributed by atoms with E-state index in [1.807, 2.05) is 20.8 Å². The van der Waals surface area contributed by atoms with Gasteiger partial charge in [-0.15, -0.1) is 0 Å². The SMILES string of the molecule is COC(C(O)Cc1ccc(F)c(Br)c1)C(C)(C)C. The zero-order chi connectivity index (χ0) is 13.9. The second-order valence-electron chi connectivity index (χ2n) is 5.54. The minimum atomic E-state index is -0.618. The molecule has 1 rings (SSSR count). The Labute approximate surface area is 116 Å². The molecule has 0 fully saturated rings. The van der Waals surface area contributed by atoms with Crippen molar-refractivity contribution >= 4 is 15.9 Å². The molecule has 0 aliphatic rings. The summed E-state index contributed by atoms with van der Waals surface area (Å²) in [5.41, 5.74) is 0.730. The lowest BCUT2D eigenvalue weighted by Crippen LogP contribution is -2.40. The first-order valence-electron chi connectivity index (χ1n) is 5.90. The van der Waals surface area contributed by atoms with Crippen molar-refractivity contribution in [2.45, 2.75) is 39.4 Å². The van der Waals surface area contributed by atoms with E-state index in [1.54, 1.807) is 19.2 Å². The lowest BCUT2D eigenvalue weighted by atomic mass is 9.84. The summed E-state index contributed by atoms with van der Waals surface area (Å²) in [6.07, 6.45) is -0.442. The maximum atomic E-state index is 13.1. The van der Waals surface area contributed by atoms with Crippen LogP contribution < -0.4 is 0 Å². The lowest BCUT2D eigenvalue weighted by Gasteiger charge is -2.33. The summed E-state index contributed by atoms with van der Waals surface area (Å²) in [6.45, 7) is 6.06. The molecule has 102 valence electrons. The Hall–Kier alpha value is -0.450. The Kier molecular flexibility index (Phi) is 5.32. The highest BCUT2D eigenvalue weighted by Gasteiger charge is 2.31. The zero-order valence-corrected chi connectivity index (χ0v) is 12.8. The predicted octanol–water partition coefficient (Wildman–Crippen LogP) is 3.55. The average molecular weight is 319 g/mol.